The van der Waals surface area contributed by atoms with E-state index in [-0.39, 0.29) is 18.9 Å². The Labute approximate surface area is 107 Å². The van der Waals surface area contributed by atoms with Gasteiger partial charge in [0.1, 0.15) is 0 Å². The molecule has 0 atom stereocenters. The van der Waals surface area contributed by atoms with E-state index in [1.54, 1.807) is 0 Å². The monoisotopic (exact) mass is 258 g/mol. The zero-order valence-corrected chi connectivity index (χ0v) is 11.4. The first-order valence-electron chi connectivity index (χ1n) is 5.92. The Morgan fingerprint density at radius 3 is 2.11 bits per heavy atom. The number of carbonyl (C=O) groups excluding carboxylic acids is 2. The van der Waals surface area contributed by atoms with Gasteiger partial charge in [-0.2, -0.15) is 0 Å². The van der Waals surface area contributed by atoms with E-state index in [1.807, 2.05) is 13.8 Å². The SMILES string of the molecule is CC(C)CNC(=O)CNC(=O)CC(C)(C)C(=O)O. The minimum atomic E-state index is -1.13. The van der Waals surface area contributed by atoms with Crippen LogP contribution in [0.3, 0.4) is 0 Å². The van der Waals surface area contributed by atoms with E-state index in [4.69, 9.17) is 5.11 Å². The molecule has 0 bridgehead atoms. The molecule has 104 valence electrons. The lowest BCUT2D eigenvalue weighted by molar-refractivity contribution is -0.149. The number of carboxylic acids is 1. The van der Waals surface area contributed by atoms with Crippen LogP contribution >= 0.6 is 0 Å². The molecule has 0 heterocycles. The molecule has 0 radical (unpaired) electrons. The summed E-state index contributed by atoms with van der Waals surface area (Å²) in [6.45, 7) is 7.29. The molecule has 0 saturated heterocycles. The van der Waals surface area contributed by atoms with Gasteiger partial charge in [0, 0.05) is 13.0 Å². The van der Waals surface area contributed by atoms with Crippen LogP contribution in [0, 0.1) is 11.3 Å². The number of amides is 2. The number of nitrogens with one attached hydrogen (secondary N) is 2. The van der Waals surface area contributed by atoms with Crippen LogP contribution in [0.2, 0.25) is 0 Å². The number of hydrogen-bond acceptors (Lipinski definition) is 3. The molecule has 6 heteroatoms. The van der Waals surface area contributed by atoms with Gasteiger partial charge in [0.15, 0.2) is 0 Å². The second kappa shape index (κ2) is 6.98. The highest BCUT2D eigenvalue weighted by atomic mass is 16.4. The molecule has 0 aliphatic carbocycles. The predicted octanol–water partition coefficient (Wildman–Crippen LogP) is 0.376. The molecule has 0 rings (SSSR count). The van der Waals surface area contributed by atoms with Crippen molar-refractivity contribution in [3.63, 3.8) is 0 Å². The van der Waals surface area contributed by atoms with Gasteiger partial charge in [-0.3, -0.25) is 14.4 Å². The van der Waals surface area contributed by atoms with Crippen molar-refractivity contribution >= 4 is 17.8 Å². The van der Waals surface area contributed by atoms with Gasteiger partial charge >= 0.3 is 5.97 Å². The van der Waals surface area contributed by atoms with E-state index in [1.165, 1.54) is 13.8 Å². The van der Waals surface area contributed by atoms with Crippen LogP contribution in [0.15, 0.2) is 0 Å². The van der Waals surface area contributed by atoms with Gasteiger partial charge in [0.2, 0.25) is 11.8 Å². The second-order valence-corrected chi connectivity index (χ2v) is 5.34. The molecule has 0 saturated carbocycles. The van der Waals surface area contributed by atoms with Crippen LogP contribution in [0.4, 0.5) is 0 Å². The van der Waals surface area contributed by atoms with E-state index < -0.39 is 17.3 Å². The first kappa shape index (κ1) is 16.4. The van der Waals surface area contributed by atoms with Gasteiger partial charge < -0.3 is 15.7 Å². The van der Waals surface area contributed by atoms with Gasteiger partial charge in [-0.05, 0) is 19.8 Å². The minimum absolute atomic E-state index is 0.124. The van der Waals surface area contributed by atoms with E-state index in [0.717, 1.165) is 0 Å². The average Bonchev–Trinajstić information content (AvgIpc) is 2.22. The summed E-state index contributed by atoms with van der Waals surface area (Å²) in [5.41, 5.74) is -1.13. The quantitative estimate of drug-likeness (QED) is 0.615. The Morgan fingerprint density at radius 2 is 1.67 bits per heavy atom. The fraction of sp³-hybridized carbons (Fsp3) is 0.750. The van der Waals surface area contributed by atoms with E-state index in [0.29, 0.717) is 12.5 Å². The number of carboxylic acid groups (broad SMARTS) is 1. The fourth-order valence-electron chi connectivity index (χ4n) is 1.10. The van der Waals surface area contributed by atoms with Gasteiger partial charge in [-0.15, -0.1) is 0 Å². The number of carbonyl (C=O) groups is 3. The first-order valence-corrected chi connectivity index (χ1v) is 5.92. The fourth-order valence-corrected chi connectivity index (χ4v) is 1.10. The van der Waals surface area contributed by atoms with Crippen LogP contribution in [0.25, 0.3) is 0 Å². The van der Waals surface area contributed by atoms with Crippen molar-refractivity contribution < 1.29 is 19.5 Å². The maximum Gasteiger partial charge on any atom is 0.309 e. The van der Waals surface area contributed by atoms with E-state index in [9.17, 15) is 14.4 Å². The van der Waals surface area contributed by atoms with Crippen molar-refractivity contribution in [1.29, 1.82) is 0 Å². The molecule has 0 spiro atoms. The van der Waals surface area contributed by atoms with Gasteiger partial charge in [0.05, 0.1) is 12.0 Å². The number of hydrogen-bond donors (Lipinski definition) is 3. The Morgan fingerprint density at radius 1 is 1.11 bits per heavy atom. The maximum atomic E-state index is 11.5. The molecule has 0 fully saturated rings. The summed E-state index contributed by atoms with van der Waals surface area (Å²) in [5.74, 6) is -1.41. The van der Waals surface area contributed by atoms with Crippen molar-refractivity contribution in [2.24, 2.45) is 11.3 Å². The third-order valence-corrected chi connectivity index (χ3v) is 2.34. The zero-order chi connectivity index (χ0) is 14.3. The zero-order valence-electron chi connectivity index (χ0n) is 11.4. The van der Waals surface area contributed by atoms with Crippen molar-refractivity contribution in [2.75, 3.05) is 13.1 Å². The largest absolute Gasteiger partial charge is 0.481 e. The Balaban J connectivity index is 3.97. The lowest BCUT2D eigenvalue weighted by Gasteiger charge is -2.18. The maximum absolute atomic E-state index is 11.5. The van der Waals surface area contributed by atoms with E-state index in [2.05, 4.69) is 10.6 Å². The molecule has 0 aliphatic heterocycles. The third kappa shape index (κ3) is 6.88. The summed E-state index contributed by atoms with van der Waals surface area (Å²) in [4.78, 5) is 33.6. The molecule has 0 aliphatic rings. The van der Waals surface area contributed by atoms with Gasteiger partial charge in [-0.1, -0.05) is 13.8 Å². The van der Waals surface area contributed by atoms with Crippen molar-refractivity contribution in [2.45, 2.75) is 34.1 Å². The summed E-state index contributed by atoms with van der Waals surface area (Å²) < 4.78 is 0. The van der Waals surface area contributed by atoms with Crippen molar-refractivity contribution in [3.8, 4) is 0 Å². The molecule has 18 heavy (non-hydrogen) atoms. The summed E-state index contributed by atoms with van der Waals surface area (Å²) in [6.07, 6.45) is -0.153. The minimum Gasteiger partial charge on any atom is -0.481 e. The molecule has 0 unspecified atom stereocenters. The summed E-state index contributed by atoms with van der Waals surface area (Å²) in [5, 5.41) is 13.9. The topological polar surface area (TPSA) is 95.5 Å². The number of aliphatic carboxylic acids is 1. The molecule has 6 nitrogen and oxygen atoms in total. The molecule has 2 amide bonds. The number of rotatable bonds is 7. The van der Waals surface area contributed by atoms with E-state index >= 15 is 0 Å². The highest BCUT2D eigenvalue weighted by molar-refractivity contribution is 5.87. The summed E-state index contributed by atoms with van der Waals surface area (Å²) in [6, 6.07) is 0. The molecule has 0 aromatic carbocycles. The molecular formula is C12H22N2O4. The standard InChI is InChI=1S/C12H22N2O4/c1-8(2)6-13-10(16)7-14-9(15)5-12(3,4)11(17)18/h8H,5-7H2,1-4H3,(H,13,16)(H,14,15)(H,17,18). The smallest absolute Gasteiger partial charge is 0.309 e. The van der Waals surface area contributed by atoms with Gasteiger partial charge in [0.25, 0.3) is 0 Å². The normalized spacial score (nSPS) is 11.2. The van der Waals surface area contributed by atoms with Gasteiger partial charge in [-0.25, -0.2) is 0 Å². The Bertz CT molecular complexity index is 324. The summed E-state index contributed by atoms with van der Waals surface area (Å²) >= 11 is 0. The van der Waals surface area contributed by atoms with Crippen LogP contribution in [0.1, 0.15) is 34.1 Å². The first-order chi connectivity index (χ1) is 8.15. The van der Waals surface area contributed by atoms with Crippen LogP contribution in [-0.2, 0) is 14.4 Å². The highest BCUT2D eigenvalue weighted by Gasteiger charge is 2.30. The van der Waals surface area contributed by atoms with Crippen molar-refractivity contribution in [3.05, 3.63) is 0 Å². The third-order valence-electron chi connectivity index (χ3n) is 2.34. The molecule has 0 aromatic rings. The second-order valence-electron chi connectivity index (χ2n) is 5.34. The van der Waals surface area contributed by atoms with Crippen LogP contribution in [-0.4, -0.2) is 36.0 Å². The van der Waals surface area contributed by atoms with Crippen molar-refractivity contribution in [1.82, 2.24) is 10.6 Å². The molecule has 3 N–H and O–H groups in total. The average molecular weight is 258 g/mol. The predicted molar refractivity (Wildman–Crippen MR) is 66.9 cm³/mol. The van der Waals surface area contributed by atoms with Crippen LogP contribution in [0.5, 0.6) is 0 Å². The Kier molecular flexibility index (Phi) is 6.36. The lowest BCUT2D eigenvalue weighted by Crippen LogP contribution is -2.40. The summed E-state index contributed by atoms with van der Waals surface area (Å²) in [7, 11) is 0. The molecule has 0 aromatic heterocycles. The van der Waals surface area contributed by atoms with Crippen LogP contribution < -0.4 is 10.6 Å². The molecular weight excluding hydrogens is 236 g/mol. The lowest BCUT2D eigenvalue weighted by atomic mass is 9.89. The highest BCUT2D eigenvalue weighted by Crippen LogP contribution is 2.19. The Hall–Kier alpha value is -1.59.